The van der Waals surface area contributed by atoms with Crippen molar-refractivity contribution in [1.29, 1.82) is 0 Å². The minimum atomic E-state index is 0.155. The molecule has 0 bridgehead atoms. The number of benzene rings is 2. The second-order valence-corrected chi connectivity index (χ2v) is 8.49. The zero-order valence-corrected chi connectivity index (χ0v) is 18.9. The van der Waals surface area contributed by atoms with Gasteiger partial charge in [-0.1, -0.05) is 0 Å². The van der Waals surface area contributed by atoms with Crippen LogP contribution in [-0.2, 0) is 4.79 Å². The highest BCUT2D eigenvalue weighted by Gasteiger charge is 2.24. The van der Waals surface area contributed by atoms with Crippen LogP contribution in [0.1, 0.15) is 18.5 Å². The van der Waals surface area contributed by atoms with Gasteiger partial charge in [0.1, 0.15) is 12.1 Å². The average Bonchev–Trinajstić information content (AvgIpc) is 3.18. The van der Waals surface area contributed by atoms with E-state index in [9.17, 15) is 4.79 Å². The molecular formula is C25H26N4O4. The number of piperidine rings is 1. The van der Waals surface area contributed by atoms with Crippen LogP contribution < -0.4 is 14.2 Å². The molecule has 2 aromatic carbocycles. The van der Waals surface area contributed by atoms with Crippen molar-refractivity contribution in [3.8, 4) is 23.1 Å². The summed E-state index contributed by atoms with van der Waals surface area (Å²) in [5.74, 6) is 2.63. The Kier molecular flexibility index (Phi) is 5.50. The molecule has 1 N–H and O–H groups in total. The van der Waals surface area contributed by atoms with Gasteiger partial charge in [-0.2, -0.15) is 0 Å². The third-order valence-electron chi connectivity index (χ3n) is 6.06. The van der Waals surface area contributed by atoms with Crippen LogP contribution in [0.4, 0.5) is 0 Å². The van der Waals surface area contributed by atoms with Crippen molar-refractivity contribution in [2.24, 2.45) is 5.92 Å². The molecule has 33 heavy (non-hydrogen) atoms. The lowest BCUT2D eigenvalue weighted by molar-refractivity contribution is -0.133. The molecule has 1 aliphatic rings. The molecule has 8 heteroatoms. The summed E-state index contributed by atoms with van der Waals surface area (Å²) in [6.07, 6.45) is 2.89. The summed E-state index contributed by atoms with van der Waals surface area (Å²) in [6, 6.07) is 11.6. The van der Waals surface area contributed by atoms with Crippen LogP contribution in [0.15, 0.2) is 42.7 Å². The van der Waals surface area contributed by atoms with E-state index in [4.69, 9.17) is 14.2 Å². The Morgan fingerprint density at radius 2 is 2.03 bits per heavy atom. The number of hydrogen-bond acceptors (Lipinski definition) is 6. The molecule has 0 radical (unpaired) electrons. The van der Waals surface area contributed by atoms with Crippen LogP contribution in [-0.4, -0.2) is 53.1 Å². The summed E-state index contributed by atoms with van der Waals surface area (Å²) in [7, 11) is 3.43. The Bertz CT molecular complexity index is 1330. The van der Waals surface area contributed by atoms with Gasteiger partial charge in [-0.05, 0) is 43.7 Å². The summed E-state index contributed by atoms with van der Waals surface area (Å²) < 4.78 is 17.8. The third-order valence-corrected chi connectivity index (χ3v) is 6.06. The monoisotopic (exact) mass is 446 g/mol. The maximum Gasteiger partial charge on any atom is 0.230 e. The fourth-order valence-electron chi connectivity index (χ4n) is 4.18. The molecule has 0 spiro atoms. The molecule has 1 aliphatic heterocycles. The molecule has 170 valence electrons. The van der Waals surface area contributed by atoms with Crippen LogP contribution in [0, 0.1) is 12.8 Å². The van der Waals surface area contributed by atoms with E-state index in [0.717, 1.165) is 34.9 Å². The number of aromatic amines is 1. The van der Waals surface area contributed by atoms with E-state index in [-0.39, 0.29) is 11.8 Å². The fourth-order valence-corrected chi connectivity index (χ4v) is 4.18. The molecule has 0 saturated carbocycles. The lowest BCUT2D eigenvalue weighted by Crippen LogP contribution is -2.37. The number of fused-ring (bicyclic) bond motifs is 2. The number of carbonyl (C=O) groups is 1. The summed E-state index contributed by atoms with van der Waals surface area (Å²) in [4.78, 5) is 25.8. The molecule has 1 amide bonds. The number of nitrogens with zero attached hydrogens (tertiary/aromatic N) is 3. The number of ether oxygens (including phenoxy) is 3. The Morgan fingerprint density at radius 3 is 2.85 bits per heavy atom. The van der Waals surface area contributed by atoms with E-state index in [1.165, 1.54) is 6.33 Å². The average molecular weight is 447 g/mol. The number of likely N-dealkylation sites (tertiary alicyclic amines) is 1. The van der Waals surface area contributed by atoms with Gasteiger partial charge in [0, 0.05) is 48.6 Å². The molecule has 4 aromatic rings. The molecule has 5 rings (SSSR count). The quantitative estimate of drug-likeness (QED) is 0.470. The van der Waals surface area contributed by atoms with Crippen molar-refractivity contribution in [3.63, 3.8) is 0 Å². The number of amides is 1. The highest BCUT2D eigenvalue weighted by Crippen LogP contribution is 2.37. The van der Waals surface area contributed by atoms with Gasteiger partial charge in [-0.25, -0.2) is 9.97 Å². The summed E-state index contributed by atoms with van der Waals surface area (Å²) in [6.45, 7) is 3.23. The lowest BCUT2D eigenvalue weighted by Gasteiger charge is -2.28. The summed E-state index contributed by atoms with van der Waals surface area (Å²) in [5, 5.41) is 1.80. The van der Waals surface area contributed by atoms with Gasteiger partial charge >= 0.3 is 0 Å². The van der Waals surface area contributed by atoms with Gasteiger partial charge in [-0.3, -0.25) is 4.79 Å². The number of hydrogen-bond donors (Lipinski definition) is 1. The van der Waals surface area contributed by atoms with Gasteiger partial charge < -0.3 is 24.1 Å². The van der Waals surface area contributed by atoms with E-state index in [0.29, 0.717) is 41.7 Å². The van der Waals surface area contributed by atoms with Crippen LogP contribution in [0.25, 0.3) is 21.8 Å². The van der Waals surface area contributed by atoms with Crippen molar-refractivity contribution in [1.82, 2.24) is 19.9 Å². The fraction of sp³-hybridized carbons (Fsp3) is 0.320. The second kappa shape index (κ2) is 8.61. The molecule has 3 heterocycles. The minimum Gasteiger partial charge on any atom is -0.493 e. The van der Waals surface area contributed by atoms with E-state index < -0.39 is 0 Å². The number of rotatable bonds is 6. The Balaban J connectivity index is 1.40. The van der Waals surface area contributed by atoms with Crippen molar-refractivity contribution in [3.05, 3.63) is 48.4 Å². The van der Waals surface area contributed by atoms with Gasteiger partial charge in [0.2, 0.25) is 11.8 Å². The van der Waals surface area contributed by atoms with Crippen molar-refractivity contribution in [2.45, 2.75) is 19.8 Å². The van der Waals surface area contributed by atoms with Crippen LogP contribution in [0.3, 0.4) is 0 Å². The first-order valence-electron chi connectivity index (χ1n) is 11.0. The molecule has 1 atom stereocenters. The van der Waals surface area contributed by atoms with Crippen LogP contribution >= 0.6 is 0 Å². The second-order valence-electron chi connectivity index (χ2n) is 8.49. The summed E-state index contributed by atoms with van der Waals surface area (Å²) in [5.41, 5.74) is 2.84. The first-order chi connectivity index (χ1) is 16.0. The van der Waals surface area contributed by atoms with Crippen LogP contribution in [0.2, 0.25) is 0 Å². The van der Waals surface area contributed by atoms with Gasteiger partial charge in [-0.15, -0.1) is 0 Å². The number of H-pyrrole nitrogens is 1. The molecular weight excluding hydrogens is 420 g/mol. The Hall–Kier alpha value is -3.81. The van der Waals surface area contributed by atoms with Crippen molar-refractivity contribution < 1.29 is 19.0 Å². The number of aryl methyl sites for hydroxylation is 1. The van der Waals surface area contributed by atoms with Gasteiger partial charge in [0.15, 0.2) is 11.5 Å². The zero-order chi connectivity index (χ0) is 22.9. The standard InChI is InChI=1S/C25H26N4O4/c1-15-8-17-10-18(4-5-20(17)28-15)33-25-19-11-22(31-3)23(12-21(19)26-14-27-25)32-13-16-6-7-29(2)24(30)9-16/h4-5,8,10-12,14,16,28H,6-7,9,13H2,1-3H3. The Morgan fingerprint density at radius 1 is 1.15 bits per heavy atom. The lowest BCUT2D eigenvalue weighted by atomic mass is 9.97. The topological polar surface area (TPSA) is 89.6 Å². The molecule has 8 nitrogen and oxygen atoms in total. The molecule has 2 aromatic heterocycles. The number of methoxy groups -OCH3 is 1. The smallest absolute Gasteiger partial charge is 0.230 e. The van der Waals surface area contributed by atoms with Crippen molar-refractivity contribution >= 4 is 27.7 Å². The highest BCUT2D eigenvalue weighted by atomic mass is 16.5. The normalized spacial score (nSPS) is 16.4. The number of aromatic nitrogens is 3. The first kappa shape index (κ1) is 21.1. The minimum absolute atomic E-state index is 0.155. The predicted octanol–water partition coefficient (Wildman–Crippen LogP) is 4.47. The number of carbonyl (C=O) groups excluding carboxylic acids is 1. The van der Waals surface area contributed by atoms with Crippen LogP contribution in [0.5, 0.6) is 23.1 Å². The SMILES string of the molecule is COc1cc2c(Oc3ccc4[nH]c(C)cc4c3)ncnc2cc1OCC1CCN(C)C(=O)C1. The maximum atomic E-state index is 12.0. The zero-order valence-electron chi connectivity index (χ0n) is 18.9. The molecule has 1 saturated heterocycles. The van der Waals surface area contributed by atoms with Crippen molar-refractivity contribution in [2.75, 3.05) is 27.3 Å². The largest absolute Gasteiger partial charge is 0.493 e. The summed E-state index contributed by atoms with van der Waals surface area (Å²) >= 11 is 0. The first-order valence-corrected chi connectivity index (χ1v) is 11.0. The van der Waals surface area contributed by atoms with Gasteiger partial charge in [0.05, 0.1) is 24.6 Å². The van der Waals surface area contributed by atoms with E-state index in [1.807, 2.05) is 44.3 Å². The Labute approximate surface area is 191 Å². The van der Waals surface area contributed by atoms with E-state index >= 15 is 0 Å². The van der Waals surface area contributed by atoms with Gasteiger partial charge in [0.25, 0.3) is 0 Å². The molecule has 1 unspecified atom stereocenters. The maximum absolute atomic E-state index is 12.0. The molecule has 1 fully saturated rings. The van der Waals surface area contributed by atoms with E-state index in [2.05, 4.69) is 21.0 Å². The van der Waals surface area contributed by atoms with E-state index in [1.54, 1.807) is 12.0 Å². The molecule has 0 aliphatic carbocycles. The highest BCUT2D eigenvalue weighted by molar-refractivity contribution is 5.87. The number of nitrogens with one attached hydrogen (secondary N) is 1. The predicted molar refractivity (Wildman–Crippen MR) is 125 cm³/mol. The third kappa shape index (κ3) is 4.28.